The minimum Gasteiger partial charge on any atom is -0.481 e. The summed E-state index contributed by atoms with van der Waals surface area (Å²) in [4.78, 5) is 48.1. The Morgan fingerprint density at radius 1 is 1.28 bits per heavy atom. The lowest BCUT2D eigenvalue weighted by Gasteiger charge is -2.47. The van der Waals surface area contributed by atoms with E-state index in [4.69, 9.17) is 10.8 Å². The van der Waals surface area contributed by atoms with Crippen LogP contribution in [0, 0.1) is 0 Å². The zero-order valence-electron chi connectivity index (χ0n) is 17.5. The summed E-state index contributed by atoms with van der Waals surface area (Å²) >= 11 is 0. The monoisotopic (exact) mass is 443 g/mol. The maximum Gasteiger partial charge on any atom is 0.326 e. The number of hydrogen-bond acceptors (Lipinski definition) is 9. The molecule has 1 spiro atoms. The molecule has 3 unspecified atom stereocenters. The third kappa shape index (κ3) is 3.62. The Hall–Kier alpha value is -3.67. The maximum atomic E-state index is 12.5. The molecule has 1 aromatic carbocycles. The lowest BCUT2D eigenvalue weighted by Crippen LogP contribution is -2.70. The van der Waals surface area contributed by atoms with Crippen molar-refractivity contribution in [3.63, 3.8) is 0 Å². The number of hydrogen-bond donors (Lipinski definition) is 5. The summed E-state index contributed by atoms with van der Waals surface area (Å²) in [5.41, 5.74) is 6.41. The number of likely N-dealkylation sites (N-methyl/N-ethyl adjacent to an activating group) is 1. The van der Waals surface area contributed by atoms with Crippen LogP contribution in [-0.4, -0.2) is 89.2 Å². The van der Waals surface area contributed by atoms with E-state index in [9.17, 15) is 19.5 Å². The second-order valence-electron chi connectivity index (χ2n) is 8.05. The molecule has 3 atom stereocenters. The molecule has 0 aromatic heterocycles. The molecule has 1 amide bonds. The van der Waals surface area contributed by atoms with Crippen LogP contribution in [0.5, 0.6) is 0 Å². The van der Waals surface area contributed by atoms with Crippen molar-refractivity contribution in [1.82, 2.24) is 15.5 Å². The zero-order chi connectivity index (χ0) is 23.0. The van der Waals surface area contributed by atoms with Crippen molar-refractivity contribution in [2.24, 2.45) is 15.7 Å². The quantitative estimate of drug-likeness (QED) is 0.350. The number of aliphatic carboxylic acids is 2. The number of carbonyl (C=O) groups excluding carboxylic acids is 1. The van der Waals surface area contributed by atoms with Gasteiger partial charge in [0.15, 0.2) is 11.6 Å². The van der Waals surface area contributed by atoms with Crippen LogP contribution >= 0.6 is 0 Å². The minimum atomic E-state index is -1.28. The predicted octanol–water partition coefficient (Wildman–Crippen LogP) is -1.12. The summed E-state index contributed by atoms with van der Waals surface area (Å²) in [7, 11) is 2.03. The molecule has 6 N–H and O–H groups in total. The number of rotatable bonds is 7. The first kappa shape index (κ1) is 21.6. The predicted molar refractivity (Wildman–Crippen MR) is 116 cm³/mol. The Morgan fingerprint density at radius 2 is 2.00 bits per heavy atom. The topological polar surface area (TPSA) is 173 Å². The van der Waals surface area contributed by atoms with E-state index < -0.39 is 29.6 Å². The average Bonchev–Trinajstić information content (AvgIpc) is 2.92. The standard InChI is InChI=1S/C20H25N7O5/c1-26-13-8-22-18-20(26,10-23-19(21)25-18)27(9-13)12-4-2-11(3-5-12)16(30)24-14(17(31)32)6-7-15(28)29/h2-5,13-14H,6-10H2,1H3,(H,24,30)(H,28,29)(H,31,32)(H3,21,22,23,25). The van der Waals surface area contributed by atoms with E-state index in [-0.39, 0.29) is 24.4 Å². The van der Waals surface area contributed by atoms with Crippen molar-refractivity contribution in [2.45, 2.75) is 30.6 Å². The third-order valence-electron chi connectivity index (χ3n) is 6.22. The van der Waals surface area contributed by atoms with Crippen LogP contribution in [0.3, 0.4) is 0 Å². The Balaban J connectivity index is 1.53. The van der Waals surface area contributed by atoms with Gasteiger partial charge in [-0.1, -0.05) is 0 Å². The van der Waals surface area contributed by atoms with Gasteiger partial charge in [0, 0.05) is 30.3 Å². The van der Waals surface area contributed by atoms with Gasteiger partial charge in [0.1, 0.15) is 11.9 Å². The number of anilines is 1. The summed E-state index contributed by atoms with van der Waals surface area (Å²) < 4.78 is 0. The van der Waals surface area contributed by atoms with Gasteiger partial charge in [-0.2, -0.15) is 0 Å². The largest absolute Gasteiger partial charge is 0.481 e. The molecule has 12 heteroatoms. The van der Waals surface area contributed by atoms with Crippen molar-refractivity contribution < 1.29 is 24.6 Å². The molecule has 4 rings (SSSR count). The van der Waals surface area contributed by atoms with Gasteiger partial charge < -0.3 is 31.5 Å². The van der Waals surface area contributed by atoms with E-state index in [1.54, 1.807) is 24.3 Å². The zero-order valence-corrected chi connectivity index (χ0v) is 17.5. The molecule has 1 fully saturated rings. The fourth-order valence-electron chi connectivity index (χ4n) is 4.42. The number of amidine groups is 1. The van der Waals surface area contributed by atoms with Crippen LogP contribution in [0.25, 0.3) is 0 Å². The van der Waals surface area contributed by atoms with Crippen LogP contribution in [0.1, 0.15) is 23.2 Å². The van der Waals surface area contributed by atoms with Crippen LogP contribution in [0.2, 0.25) is 0 Å². The SMILES string of the molecule is CN1C2CN=C3NC(N)=NCC31N(c1ccc(C(=O)NC(CCC(=O)O)C(=O)O)cc1)C2. The highest BCUT2D eigenvalue weighted by Gasteiger charge is 2.57. The van der Waals surface area contributed by atoms with Gasteiger partial charge in [0.2, 0.25) is 0 Å². The lowest BCUT2D eigenvalue weighted by molar-refractivity contribution is -0.140. The number of nitrogens with zero attached hydrogens (tertiary/aromatic N) is 4. The lowest BCUT2D eigenvalue weighted by atomic mass is 10.0. The molecule has 0 saturated carbocycles. The van der Waals surface area contributed by atoms with Crippen molar-refractivity contribution in [3.8, 4) is 0 Å². The first-order valence-corrected chi connectivity index (χ1v) is 10.2. The van der Waals surface area contributed by atoms with E-state index in [1.807, 2.05) is 7.05 Å². The Kier molecular flexibility index (Phi) is 5.46. The molecule has 0 aliphatic carbocycles. The van der Waals surface area contributed by atoms with Crippen LogP contribution < -0.4 is 21.3 Å². The second kappa shape index (κ2) is 8.11. The number of aliphatic imine (C=N–C) groups is 2. The molecular formula is C20H25N7O5. The van der Waals surface area contributed by atoms with Gasteiger partial charge in [-0.05, 0) is 37.7 Å². The van der Waals surface area contributed by atoms with Gasteiger partial charge in [-0.15, -0.1) is 0 Å². The Bertz CT molecular complexity index is 1010. The number of carbonyl (C=O) groups is 3. The first-order valence-electron chi connectivity index (χ1n) is 10.2. The summed E-state index contributed by atoms with van der Waals surface area (Å²) in [5, 5.41) is 23.5. The van der Waals surface area contributed by atoms with Gasteiger partial charge in [0.05, 0.1) is 13.1 Å². The Morgan fingerprint density at radius 3 is 2.66 bits per heavy atom. The summed E-state index contributed by atoms with van der Waals surface area (Å²) in [6, 6.07) is 5.76. The second-order valence-corrected chi connectivity index (χ2v) is 8.05. The fourth-order valence-corrected chi connectivity index (χ4v) is 4.42. The summed E-state index contributed by atoms with van der Waals surface area (Å²) in [5.74, 6) is -1.91. The van der Waals surface area contributed by atoms with E-state index >= 15 is 0 Å². The van der Waals surface area contributed by atoms with E-state index in [2.05, 4.69) is 30.4 Å². The van der Waals surface area contributed by atoms with E-state index in [0.717, 1.165) is 18.1 Å². The Labute approximate surface area is 183 Å². The maximum absolute atomic E-state index is 12.5. The van der Waals surface area contributed by atoms with Gasteiger partial charge >= 0.3 is 11.9 Å². The molecule has 170 valence electrons. The number of nitrogens with two attached hydrogens (primary N) is 1. The number of fused-ring (bicyclic) bond motifs is 1. The van der Waals surface area contributed by atoms with Crippen LogP contribution in [-0.2, 0) is 9.59 Å². The number of guanidine groups is 1. The third-order valence-corrected chi connectivity index (χ3v) is 6.22. The summed E-state index contributed by atoms with van der Waals surface area (Å²) in [6.45, 7) is 1.78. The highest BCUT2D eigenvalue weighted by molar-refractivity contribution is 6.08. The molecule has 2 bridgehead atoms. The van der Waals surface area contributed by atoms with Gasteiger partial charge in [-0.25, -0.2) is 9.79 Å². The van der Waals surface area contributed by atoms with Crippen molar-refractivity contribution in [2.75, 3.05) is 31.6 Å². The molecule has 3 aliphatic rings. The number of carboxylic acid groups (broad SMARTS) is 2. The number of amides is 1. The minimum absolute atomic E-state index is 0.197. The van der Waals surface area contributed by atoms with Crippen LogP contribution in [0.15, 0.2) is 34.3 Å². The summed E-state index contributed by atoms with van der Waals surface area (Å²) in [6.07, 6.45) is -0.551. The molecule has 0 radical (unpaired) electrons. The van der Waals surface area contributed by atoms with Gasteiger partial charge in [-0.3, -0.25) is 19.5 Å². The highest BCUT2D eigenvalue weighted by atomic mass is 16.4. The average molecular weight is 443 g/mol. The fraction of sp³-hybridized carbons (Fsp3) is 0.450. The van der Waals surface area contributed by atoms with Crippen molar-refractivity contribution in [3.05, 3.63) is 29.8 Å². The highest BCUT2D eigenvalue weighted by Crippen LogP contribution is 2.39. The number of carboxylic acids is 2. The molecule has 1 saturated heterocycles. The van der Waals surface area contributed by atoms with E-state index in [0.29, 0.717) is 19.0 Å². The van der Waals surface area contributed by atoms with Crippen molar-refractivity contribution in [1.29, 1.82) is 0 Å². The molecule has 12 nitrogen and oxygen atoms in total. The van der Waals surface area contributed by atoms with Crippen LogP contribution in [0.4, 0.5) is 5.69 Å². The van der Waals surface area contributed by atoms with E-state index in [1.165, 1.54) is 0 Å². The molecular weight excluding hydrogens is 418 g/mol. The number of benzene rings is 1. The first-order chi connectivity index (χ1) is 15.2. The molecule has 3 heterocycles. The van der Waals surface area contributed by atoms with Crippen molar-refractivity contribution >= 4 is 35.3 Å². The molecule has 1 aromatic rings. The van der Waals surface area contributed by atoms with Gasteiger partial charge in [0.25, 0.3) is 5.91 Å². The molecule has 3 aliphatic heterocycles. The number of nitrogens with one attached hydrogen (secondary N) is 2. The normalized spacial score (nSPS) is 25.2. The smallest absolute Gasteiger partial charge is 0.326 e. The molecule has 32 heavy (non-hydrogen) atoms.